The van der Waals surface area contributed by atoms with Crippen LogP contribution >= 0.6 is 0 Å². The van der Waals surface area contributed by atoms with Gasteiger partial charge in [-0.3, -0.25) is 9.88 Å². The highest BCUT2D eigenvalue weighted by Gasteiger charge is 2.34. The molecule has 0 radical (unpaired) electrons. The van der Waals surface area contributed by atoms with Gasteiger partial charge in [-0.25, -0.2) is 4.68 Å². The summed E-state index contributed by atoms with van der Waals surface area (Å²) in [6.07, 6.45) is 5.83. The first kappa shape index (κ1) is 19.7. The highest BCUT2D eigenvalue weighted by Crippen LogP contribution is 2.31. The Bertz CT molecular complexity index is 882. The molecule has 3 aromatic heterocycles. The van der Waals surface area contributed by atoms with Crippen LogP contribution in [0.5, 0.6) is 0 Å². The lowest BCUT2D eigenvalue weighted by Crippen LogP contribution is -2.39. The molecule has 0 saturated carbocycles. The molecule has 0 aromatic carbocycles. The van der Waals surface area contributed by atoms with E-state index in [1.165, 1.54) is 0 Å². The predicted octanol–water partition coefficient (Wildman–Crippen LogP) is 3.19. The molecule has 4 rings (SSSR count). The highest BCUT2D eigenvalue weighted by molar-refractivity contribution is 5.18. The quantitative estimate of drug-likeness (QED) is 0.606. The van der Waals surface area contributed by atoms with Gasteiger partial charge in [0.25, 0.3) is 0 Å². The fraction of sp³-hybridized carbons (Fsp3) is 0.524. The second kappa shape index (κ2) is 8.42. The minimum Gasteiger partial charge on any atom is -0.468 e. The monoisotopic (exact) mass is 396 g/mol. The van der Waals surface area contributed by atoms with Crippen LogP contribution in [0.1, 0.15) is 56.9 Å². The van der Waals surface area contributed by atoms with Gasteiger partial charge in [-0.05, 0) is 68.3 Å². The average molecular weight is 396 g/mol. The number of tetrazole rings is 1. The van der Waals surface area contributed by atoms with Crippen LogP contribution in [0.15, 0.2) is 47.2 Å². The maximum atomic E-state index is 5.95. The van der Waals surface area contributed by atoms with E-state index in [-0.39, 0.29) is 17.7 Å². The zero-order chi connectivity index (χ0) is 20.3. The Morgan fingerprint density at radius 1 is 1.24 bits per heavy atom. The van der Waals surface area contributed by atoms with Crippen molar-refractivity contribution in [2.24, 2.45) is 0 Å². The van der Waals surface area contributed by atoms with Crippen LogP contribution in [0.25, 0.3) is 0 Å². The maximum absolute atomic E-state index is 5.95. The van der Waals surface area contributed by atoms with E-state index in [9.17, 15) is 0 Å². The molecule has 1 fully saturated rings. The fourth-order valence-corrected chi connectivity index (χ4v) is 3.78. The third-order valence-electron chi connectivity index (χ3n) is 5.11. The van der Waals surface area contributed by atoms with Crippen LogP contribution < -0.4 is 0 Å². The van der Waals surface area contributed by atoms with E-state index >= 15 is 0 Å². The van der Waals surface area contributed by atoms with Crippen molar-refractivity contribution in [1.82, 2.24) is 30.1 Å². The van der Waals surface area contributed by atoms with Crippen molar-refractivity contribution in [3.63, 3.8) is 0 Å². The molecule has 2 atom stereocenters. The fourth-order valence-electron chi connectivity index (χ4n) is 3.78. The molecule has 4 heterocycles. The van der Waals surface area contributed by atoms with Gasteiger partial charge in [-0.1, -0.05) is 6.07 Å². The Balaban J connectivity index is 1.76. The zero-order valence-electron chi connectivity index (χ0n) is 17.2. The predicted molar refractivity (Wildman–Crippen MR) is 107 cm³/mol. The second-order valence-electron chi connectivity index (χ2n) is 8.42. The molecule has 8 heteroatoms. The van der Waals surface area contributed by atoms with E-state index in [1.807, 2.05) is 41.2 Å². The molecule has 0 bridgehead atoms. The van der Waals surface area contributed by atoms with E-state index < -0.39 is 0 Å². The Kier molecular flexibility index (Phi) is 5.73. The van der Waals surface area contributed by atoms with E-state index in [0.29, 0.717) is 6.54 Å². The maximum Gasteiger partial charge on any atom is 0.175 e. The molecule has 154 valence electrons. The number of aromatic nitrogens is 5. The molecular formula is C21H28N6O2. The van der Waals surface area contributed by atoms with Crippen molar-refractivity contribution in [2.45, 2.75) is 57.8 Å². The van der Waals surface area contributed by atoms with Crippen LogP contribution in [0.2, 0.25) is 0 Å². The van der Waals surface area contributed by atoms with Gasteiger partial charge >= 0.3 is 0 Å². The van der Waals surface area contributed by atoms with Gasteiger partial charge < -0.3 is 9.15 Å². The Labute approximate surface area is 170 Å². The lowest BCUT2D eigenvalue weighted by atomic mass is 10.1. The van der Waals surface area contributed by atoms with Crippen molar-refractivity contribution in [3.8, 4) is 0 Å². The number of rotatable bonds is 7. The molecule has 8 nitrogen and oxygen atoms in total. The number of hydrogen-bond donors (Lipinski definition) is 0. The zero-order valence-corrected chi connectivity index (χ0v) is 17.2. The number of pyridine rings is 1. The van der Waals surface area contributed by atoms with Crippen LogP contribution in [-0.4, -0.2) is 49.3 Å². The van der Waals surface area contributed by atoms with Gasteiger partial charge in [-0.15, -0.1) is 5.10 Å². The van der Waals surface area contributed by atoms with Crippen molar-refractivity contribution in [2.75, 3.05) is 13.2 Å². The summed E-state index contributed by atoms with van der Waals surface area (Å²) < 4.78 is 13.5. The Morgan fingerprint density at radius 3 is 2.79 bits per heavy atom. The van der Waals surface area contributed by atoms with E-state index in [1.54, 1.807) is 6.26 Å². The van der Waals surface area contributed by atoms with Gasteiger partial charge in [0.2, 0.25) is 0 Å². The van der Waals surface area contributed by atoms with Gasteiger partial charge in [0.1, 0.15) is 11.8 Å². The SMILES string of the molecule is CC(C)(C)n1nnnc1[C@H](c1ccccn1)N(Cc1ccco1)C[C@H]1CCCO1. The molecule has 0 spiro atoms. The van der Waals surface area contributed by atoms with E-state index in [0.717, 1.165) is 43.3 Å². The summed E-state index contributed by atoms with van der Waals surface area (Å²) in [5.74, 6) is 1.65. The van der Waals surface area contributed by atoms with Crippen LogP contribution in [0.4, 0.5) is 0 Å². The summed E-state index contributed by atoms with van der Waals surface area (Å²) in [4.78, 5) is 6.97. The van der Waals surface area contributed by atoms with Crippen molar-refractivity contribution < 1.29 is 9.15 Å². The van der Waals surface area contributed by atoms with E-state index in [2.05, 4.69) is 46.2 Å². The molecule has 1 saturated heterocycles. The van der Waals surface area contributed by atoms with Gasteiger partial charge in [0, 0.05) is 19.3 Å². The number of nitrogens with zero attached hydrogens (tertiary/aromatic N) is 6. The lowest BCUT2D eigenvalue weighted by molar-refractivity contribution is 0.0531. The van der Waals surface area contributed by atoms with Crippen molar-refractivity contribution in [1.29, 1.82) is 0 Å². The molecule has 0 N–H and O–H groups in total. The Hall–Kier alpha value is -2.58. The smallest absolute Gasteiger partial charge is 0.175 e. The first-order valence-corrected chi connectivity index (χ1v) is 10.1. The number of hydrogen-bond acceptors (Lipinski definition) is 7. The topological polar surface area (TPSA) is 82.1 Å². The molecule has 0 aliphatic carbocycles. The summed E-state index contributed by atoms with van der Waals surface area (Å²) in [6.45, 7) is 8.47. The van der Waals surface area contributed by atoms with Crippen LogP contribution in [0, 0.1) is 0 Å². The first-order chi connectivity index (χ1) is 14.0. The summed E-state index contributed by atoms with van der Waals surface area (Å²) in [7, 11) is 0. The highest BCUT2D eigenvalue weighted by atomic mass is 16.5. The second-order valence-corrected chi connectivity index (χ2v) is 8.42. The molecule has 29 heavy (non-hydrogen) atoms. The molecule has 3 aromatic rings. The van der Waals surface area contributed by atoms with Gasteiger partial charge in [-0.2, -0.15) is 0 Å². The largest absolute Gasteiger partial charge is 0.468 e. The number of furan rings is 1. The average Bonchev–Trinajstić information content (AvgIpc) is 3.45. The van der Waals surface area contributed by atoms with Crippen LogP contribution in [0.3, 0.4) is 0 Å². The molecule has 1 aliphatic heterocycles. The normalized spacial score (nSPS) is 18.4. The summed E-state index contributed by atoms with van der Waals surface area (Å²) in [5.41, 5.74) is 0.642. The first-order valence-electron chi connectivity index (χ1n) is 10.1. The third-order valence-corrected chi connectivity index (χ3v) is 5.11. The number of ether oxygens (including phenoxy) is 1. The van der Waals surface area contributed by atoms with Gasteiger partial charge in [0.15, 0.2) is 5.82 Å². The van der Waals surface area contributed by atoms with Crippen molar-refractivity contribution in [3.05, 3.63) is 60.1 Å². The minimum absolute atomic E-state index is 0.176. The molecular weight excluding hydrogens is 368 g/mol. The third kappa shape index (κ3) is 4.54. The van der Waals surface area contributed by atoms with Crippen molar-refractivity contribution >= 4 is 0 Å². The minimum atomic E-state index is -0.258. The summed E-state index contributed by atoms with van der Waals surface area (Å²) >= 11 is 0. The van der Waals surface area contributed by atoms with Gasteiger partial charge in [0.05, 0.1) is 30.1 Å². The summed E-state index contributed by atoms with van der Waals surface area (Å²) in [5, 5.41) is 12.7. The Morgan fingerprint density at radius 2 is 2.14 bits per heavy atom. The standard InChI is InChI=1S/C21H28N6O2/c1-21(2,3)27-20(23-24-25-27)19(18-10-4-5-11-22-18)26(14-16-8-6-12-28-16)15-17-9-7-13-29-17/h4-6,8,10-12,17,19H,7,9,13-15H2,1-3H3/t17-,19+/m1/s1. The van der Waals surface area contributed by atoms with Crippen LogP contribution in [-0.2, 0) is 16.8 Å². The molecule has 1 aliphatic rings. The molecule has 0 amide bonds. The lowest BCUT2D eigenvalue weighted by Gasteiger charge is -2.33. The van der Waals surface area contributed by atoms with E-state index in [4.69, 9.17) is 9.15 Å². The molecule has 0 unspecified atom stereocenters. The summed E-state index contributed by atoms with van der Waals surface area (Å²) in [6, 6.07) is 9.62.